The molecular formula is C16H24ClNO3S. The number of ether oxygens (including phenoxy) is 1. The summed E-state index contributed by atoms with van der Waals surface area (Å²) >= 11 is 7.48. The number of thioether (sulfide) groups is 1. The molecule has 0 bridgehead atoms. The van der Waals surface area contributed by atoms with Gasteiger partial charge in [0.2, 0.25) is 0 Å². The summed E-state index contributed by atoms with van der Waals surface area (Å²) in [6, 6.07) is 6.46. The van der Waals surface area contributed by atoms with Gasteiger partial charge in [0.15, 0.2) is 5.78 Å². The zero-order valence-corrected chi connectivity index (χ0v) is 15.3. The van der Waals surface area contributed by atoms with Crippen LogP contribution in [0.1, 0.15) is 31.1 Å². The molecule has 0 aliphatic heterocycles. The first kappa shape index (κ1) is 21.0. The molecule has 0 atom stereocenters. The summed E-state index contributed by atoms with van der Waals surface area (Å²) in [7, 11) is 0. The Morgan fingerprint density at radius 3 is 2.14 bits per heavy atom. The van der Waals surface area contributed by atoms with Gasteiger partial charge in [-0.05, 0) is 57.5 Å². The van der Waals surface area contributed by atoms with Crippen molar-refractivity contribution in [2.75, 3.05) is 25.7 Å². The third-order valence-corrected chi connectivity index (χ3v) is 2.47. The highest BCUT2D eigenvalue weighted by Gasteiger charge is 2.13. The number of carbonyl (C=O) groups excluding carboxylic acids is 2. The van der Waals surface area contributed by atoms with E-state index in [4.69, 9.17) is 16.3 Å². The Hall–Kier alpha value is -1.04. The Labute approximate surface area is 141 Å². The third kappa shape index (κ3) is 10.7. The van der Waals surface area contributed by atoms with Gasteiger partial charge < -0.3 is 10.1 Å². The second-order valence-corrected chi connectivity index (χ2v) is 6.79. The molecule has 1 aromatic rings. The molecule has 0 aliphatic rings. The Bertz CT molecular complexity index is 469. The highest BCUT2D eigenvalue weighted by molar-refractivity contribution is 7.97. The number of ketones is 1. The Morgan fingerprint density at radius 1 is 1.18 bits per heavy atom. The smallest absolute Gasteiger partial charge is 0.251 e. The van der Waals surface area contributed by atoms with Crippen molar-refractivity contribution >= 4 is 35.1 Å². The number of halogens is 1. The third-order valence-electron chi connectivity index (χ3n) is 2.22. The van der Waals surface area contributed by atoms with E-state index < -0.39 is 0 Å². The van der Waals surface area contributed by atoms with E-state index >= 15 is 0 Å². The van der Waals surface area contributed by atoms with Crippen LogP contribution in [0.2, 0.25) is 5.02 Å². The van der Waals surface area contributed by atoms with Crippen molar-refractivity contribution in [3.05, 3.63) is 34.9 Å². The molecule has 124 valence electrons. The van der Waals surface area contributed by atoms with E-state index in [2.05, 4.69) is 5.32 Å². The van der Waals surface area contributed by atoms with Crippen LogP contribution in [0, 0.1) is 0 Å². The van der Waals surface area contributed by atoms with E-state index in [0.717, 1.165) is 0 Å². The number of nitrogens with one attached hydrogen (secondary N) is 1. The zero-order valence-electron chi connectivity index (χ0n) is 13.7. The maximum Gasteiger partial charge on any atom is 0.251 e. The van der Waals surface area contributed by atoms with E-state index in [9.17, 15) is 9.59 Å². The zero-order chi connectivity index (χ0) is 17.2. The molecule has 0 spiro atoms. The molecule has 0 unspecified atom stereocenters. The number of carbonyl (C=O) groups is 2. The summed E-state index contributed by atoms with van der Waals surface area (Å²) in [4.78, 5) is 23.2. The average molecular weight is 346 g/mol. The number of benzene rings is 1. The fourth-order valence-electron chi connectivity index (χ4n) is 1.23. The molecule has 0 heterocycles. The molecule has 22 heavy (non-hydrogen) atoms. The van der Waals surface area contributed by atoms with Gasteiger partial charge in [0.05, 0.1) is 12.1 Å². The van der Waals surface area contributed by atoms with Gasteiger partial charge in [0.1, 0.15) is 6.61 Å². The summed E-state index contributed by atoms with van der Waals surface area (Å²) in [6.45, 7) is 5.55. The molecule has 6 heteroatoms. The summed E-state index contributed by atoms with van der Waals surface area (Å²) < 4.78 is 5.33. The minimum Gasteiger partial charge on any atom is -0.368 e. The van der Waals surface area contributed by atoms with Crippen molar-refractivity contribution in [2.45, 2.75) is 26.4 Å². The average Bonchev–Trinajstić information content (AvgIpc) is 2.43. The van der Waals surface area contributed by atoms with Crippen LogP contribution in [0.15, 0.2) is 24.3 Å². The maximum atomic E-state index is 11.7. The van der Waals surface area contributed by atoms with Gasteiger partial charge in [-0.15, -0.1) is 0 Å². The first-order valence-corrected chi connectivity index (χ1v) is 8.80. The van der Waals surface area contributed by atoms with Crippen LogP contribution >= 0.6 is 23.4 Å². The highest BCUT2D eigenvalue weighted by Crippen LogP contribution is 2.09. The van der Waals surface area contributed by atoms with Gasteiger partial charge in [-0.1, -0.05) is 11.6 Å². The van der Waals surface area contributed by atoms with Crippen LogP contribution in [0.5, 0.6) is 0 Å². The molecule has 0 aromatic heterocycles. The predicted octanol–water partition coefficient (Wildman–Crippen LogP) is 3.43. The number of hydrogen-bond acceptors (Lipinski definition) is 4. The molecule has 4 nitrogen and oxygen atoms in total. The summed E-state index contributed by atoms with van der Waals surface area (Å²) in [5.41, 5.74) is 0.101. The number of amides is 1. The van der Waals surface area contributed by atoms with Crippen molar-refractivity contribution in [3.8, 4) is 0 Å². The molecule has 1 amide bonds. The molecule has 0 aliphatic carbocycles. The van der Waals surface area contributed by atoms with Crippen LogP contribution in [0.3, 0.4) is 0 Å². The first-order chi connectivity index (χ1) is 10.2. The number of rotatable bonds is 5. The lowest BCUT2D eigenvalue weighted by Crippen LogP contribution is -2.33. The van der Waals surface area contributed by atoms with Gasteiger partial charge in [0.25, 0.3) is 5.91 Å². The lowest BCUT2D eigenvalue weighted by Gasteiger charge is -2.18. The Kier molecular flexibility index (Phi) is 10.1. The fourth-order valence-corrected chi connectivity index (χ4v) is 1.36. The van der Waals surface area contributed by atoms with Gasteiger partial charge in [-0.25, -0.2) is 0 Å². The summed E-state index contributed by atoms with van der Waals surface area (Å²) in [5, 5.41) is 3.10. The van der Waals surface area contributed by atoms with Gasteiger partial charge in [-0.2, -0.15) is 11.8 Å². The maximum absolute atomic E-state index is 11.7. The number of hydrogen-bond donors (Lipinski definition) is 1. The second kappa shape index (κ2) is 10.6. The van der Waals surface area contributed by atoms with Crippen LogP contribution < -0.4 is 5.32 Å². The quantitative estimate of drug-likeness (QED) is 0.888. The molecule has 1 rings (SSSR count). The molecule has 1 aromatic carbocycles. The molecule has 0 saturated carbocycles. The van der Waals surface area contributed by atoms with Gasteiger partial charge >= 0.3 is 0 Å². The lowest BCUT2D eigenvalue weighted by atomic mass is 10.2. The second-order valence-electron chi connectivity index (χ2n) is 5.54. The minimum absolute atomic E-state index is 0.00953. The van der Waals surface area contributed by atoms with Crippen molar-refractivity contribution in [1.82, 2.24) is 5.32 Å². The van der Waals surface area contributed by atoms with Crippen LogP contribution in [-0.2, 0) is 9.53 Å². The molecule has 0 saturated heterocycles. The van der Waals surface area contributed by atoms with E-state index in [1.54, 1.807) is 36.0 Å². The van der Waals surface area contributed by atoms with Crippen molar-refractivity contribution in [3.63, 3.8) is 0 Å². The van der Waals surface area contributed by atoms with E-state index in [1.165, 1.54) is 0 Å². The van der Waals surface area contributed by atoms with E-state index in [-0.39, 0.29) is 30.4 Å². The van der Waals surface area contributed by atoms with Crippen LogP contribution in [0.4, 0.5) is 0 Å². The van der Waals surface area contributed by atoms with Crippen molar-refractivity contribution < 1.29 is 14.3 Å². The normalized spacial score (nSPS) is 10.5. The van der Waals surface area contributed by atoms with Crippen LogP contribution in [0.25, 0.3) is 0 Å². The standard InChI is InChI=1S/C14H18ClNO3.C2H6S/c1-14(2,3)19-9-12(17)8-16-13(18)10-4-6-11(15)7-5-10;1-3-2/h4-7H,8-9H2,1-3H3,(H,16,18);1-2H3. The van der Waals surface area contributed by atoms with Crippen molar-refractivity contribution in [1.29, 1.82) is 0 Å². The highest BCUT2D eigenvalue weighted by atomic mass is 35.5. The van der Waals surface area contributed by atoms with Gasteiger partial charge in [-0.3, -0.25) is 9.59 Å². The Morgan fingerprint density at radius 2 is 1.68 bits per heavy atom. The van der Waals surface area contributed by atoms with E-state index in [1.807, 2.05) is 33.3 Å². The fraction of sp³-hybridized carbons (Fsp3) is 0.500. The van der Waals surface area contributed by atoms with Crippen molar-refractivity contribution in [2.24, 2.45) is 0 Å². The monoisotopic (exact) mass is 345 g/mol. The molecular weight excluding hydrogens is 322 g/mol. The lowest BCUT2D eigenvalue weighted by molar-refractivity contribution is -0.127. The first-order valence-electron chi connectivity index (χ1n) is 6.79. The molecule has 1 N–H and O–H groups in total. The van der Waals surface area contributed by atoms with E-state index in [0.29, 0.717) is 10.6 Å². The molecule has 0 fully saturated rings. The van der Waals surface area contributed by atoms with Gasteiger partial charge in [0, 0.05) is 10.6 Å². The predicted molar refractivity (Wildman–Crippen MR) is 93.9 cm³/mol. The summed E-state index contributed by atoms with van der Waals surface area (Å²) in [6.07, 6.45) is 4.08. The SMILES string of the molecule is CC(C)(C)OCC(=O)CNC(=O)c1ccc(Cl)cc1.CSC. The number of Topliss-reactive ketones (excluding diaryl/α,β-unsaturated/α-hetero) is 1. The summed E-state index contributed by atoms with van der Waals surface area (Å²) in [5.74, 6) is -0.474. The minimum atomic E-state index is -0.365. The molecule has 0 radical (unpaired) electrons. The largest absolute Gasteiger partial charge is 0.368 e. The Balaban J connectivity index is 0.00000135. The van der Waals surface area contributed by atoms with Crippen LogP contribution in [-0.4, -0.2) is 43.0 Å². The topological polar surface area (TPSA) is 55.4 Å².